The Hall–Kier alpha value is -2.23. The number of carboxylic acid groups (broad SMARTS) is 1. The van der Waals surface area contributed by atoms with Crippen molar-refractivity contribution in [1.82, 2.24) is 4.98 Å². The summed E-state index contributed by atoms with van der Waals surface area (Å²) >= 11 is 0. The second kappa shape index (κ2) is 4.53. The van der Waals surface area contributed by atoms with Crippen molar-refractivity contribution in [1.29, 1.82) is 5.26 Å². The maximum Gasteiger partial charge on any atom is 0.307 e. The summed E-state index contributed by atoms with van der Waals surface area (Å²) in [6.07, 6.45) is -3.55. The predicted molar refractivity (Wildman–Crippen MR) is 49.7 cm³/mol. The molecule has 0 radical (unpaired) electrons. The minimum absolute atomic E-state index is 0.182. The van der Waals surface area contributed by atoms with Crippen LogP contribution < -0.4 is 5.73 Å². The molecule has 1 aromatic rings. The zero-order valence-corrected chi connectivity index (χ0v) is 7.94. The van der Waals surface area contributed by atoms with Crippen LogP contribution in [0.5, 0.6) is 0 Å². The molecule has 84 valence electrons. The van der Waals surface area contributed by atoms with Gasteiger partial charge in [-0.1, -0.05) is 0 Å². The van der Waals surface area contributed by atoms with Gasteiger partial charge in [0.25, 0.3) is 6.43 Å². The van der Waals surface area contributed by atoms with Gasteiger partial charge in [0.2, 0.25) is 0 Å². The van der Waals surface area contributed by atoms with E-state index in [0.29, 0.717) is 0 Å². The van der Waals surface area contributed by atoms with Gasteiger partial charge in [0.15, 0.2) is 0 Å². The number of hydrogen-bond donors (Lipinski definition) is 2. The number of aliphatic carboxylic acids is 1. The Morgan fingerprint density at radius 3 is 2.75 bits per heavy atom. The van der Waals surface area contributed by atoms with Crippen LogP contribution in [0.1, 0.15) is 23.2 Å². The maximum absolute atomic E-state index is 12.6. The highest BCUT2D eigenvalue weighted by molar-refractivity contribution is 5.72. The number of nitrogen functional groups attached to an aromatic ring is 1. The van der Waals surface area contributed by atoms with Crippen molar-refractivity contribution in [2.24, 2.45) is 0 Å². The van der Waals surface area contributed by atoms with E-state index in [4.69, 9.17) is 16.1 Å². The van der Waals surface area contributed by atoms with E-state index in [1.807, 2.05) is 0 Å². The Morgan fingerprint density at radius 1 is 1.69 bits per heavy atom. The fraction of sp³-hybridized carbons (Fsp3) is 0.222. The molecule has 0 spiro atoms. The topological polar surface area (TPSA) is 100 Å². The molecule has 0 saturated heterocycles. The number of carbonyl (C=O) groups is 1. The molecule has 0 amide bonds. The molecular weight excluding hydrogens is 220 g/mol. The van der Waals surface area contributed by atoms with Crippen molar-refractivity contribution < 1.29 is 18.7 Å². The van der Waals surface area contributed by atoms with Gasteiger partial charge in [-0.3, -0.25) is 4.79 Å². The maximum atomic E-state index is 12.6. The van der Waals surface area contributed by atoms with Crippen molar-refractivity contribution in [2.75, 3.05) is 5.73 Å². The number of nitriles is 1. The zero-order valence-electron chi connectivity index (χ0n) is 7.94. The SMILES string of the molecule is N#Cc1cc(CC(=O)O)c(C(F)F)c(N)n1. The quantitative estimate of drug-likeness (QED) is 0.805. The summed E-state index contributed by atoms with van der Waals surface area (Å²) in [4.78, 5) is 13.9. The van der Waals surface area contributed by atoms with Gasteiger partial charge in [-0.05, 0) is 11.6 Å². The predicted octanol–water partition coefficient (Wildman–Crippen LogP) is 1.10. The largest absolute Gasteiger partial charge is 0.481 e. The number of anilines is 1. The average molecular weight is 227 g/mol. The third-order valence-corrected chi connectivity index (χ3v) is 1.85. The van der Waals surface area contributed by atoms with Crippen LogP contribution in [-0.4, -0.2) is 16.1 Å². The van der Waals surface area contributed by atoms with E-state index in [1.165, 1.54) is 0 Å². The molecule has 1 aromatic heterocycles. The molecule has 0 unspecified atom stereocenters. The Labute approximate surface area is 89.1 Å². The average Bonchev–Trinajstić information content (AvgIpc) is 2.14. The van der Waals surface area contributed by atoms with Crippen LogP contribution in [0.3, 0.4) is 0 Å². The van der Waals surface area contributed by atoms with Gasteiger partial charge in [0, 0.05) is 0 Å². The third-order valence-electron chi connectivity index (χ3n) is 1.85. The van der Waals surface area contributed by atoms with Crippen molar-refractivity contribution in [3.05, 3.63) is 22.9 Å². The molecule has 0 aliphatic heterocycles. The molecule has 5 nitrogen and oxygen atoms in total. The summed E-state index contributed by atoms with van der Waals surface area (Å²) in [6, 6.07) is 2.62. The molecule has 0 aromatic carbocycles. The van der Waals surface area contributed by atoms with Crippen molar-refractivity contribution in [3.8, 4) is 6.07 Å². The van der Waals surface area contributed by atoms with Gasteiger partial charge < -0.3 is 10.8 Å². The van der Waals surface area contributed by atoms with Gasteiger partial charge in [-0.25, -0.2) is 13.8 Å². The molecule has 0 bridgehead atoms. The molecule has 0 aliphatic rings. The Bertz CT molecular complexity index is 469. The highest BCUT2D eigenvalue weighted by Gasteiger charge is 2.20. The smallest absolute Gasteiger partial charge is 0.307 e. The van der Waals surface area contributed by atoms with E-state index < -0.39 is 30.2 Å². The van der Waals surface area contributed by atoms with Crippen molar-refractivity contribution in [2.45, 2.75) is 12.8 Å². The Kier molecular flexibility index (Phi) is 3.35. The molecule has 0 fully saturated rings. The lowest BCUT2D eigenvalue weighted by Gasteiger charge is -2.09. The molecule has 0 atom stereocenters. The molecule has 0 aliphatic carbocycles. The number of carboxylic acids is 1. The number of nitrogens with zero attached hydrogens (tertiary/aromatic N) is 2. The Morgan fingerprint density at radius 2 is 2.31 bits per heavy atom. The van der Waals surface area contributed by atoms with Crippen molar-refractivity contribution in [3.63, 3.8) is 0 Å². The number of nitrogens with two attached hydrogens (primary N) is 1. The number of pyridine rings is 1. The molecular formula is C9H7F2N3O2. The van der Waals surface area contributed by atoms with Crippen LogP contribution in [0, 0.1) is 11.3 Å². The number of hydrogen-bond acceptors (Lipinski definition) is 4. The van der Waals surface area contributed by atoms with Crippen LogP contribution >= 0.6 is 0 Å². The standard InChI is InChI=1S/C9H7F2N3O2/c10-8(11)7-4(2-6(15)16)1-5(3-12)14-9(7)13/h1,8H,2H2,(H2,13,14)(H,15,16). The van der Waals surface area contributed by atoms with Gasteiger partial charge in [-0.2, -0.15) is 5.26 Å². The number of aromatic nitrogens is 1. The Balaban J connectivity index is 3.35. The first kappa shape index (κ1) is 11.8. The normalized spacial score (nSPS) is 10.1. The summed E-state index contributed by atoms with van der Waals surface area (Å²) < 4.78 is 25.2. The summed E-state index contributed by atoms with van der Waals surface area (Å²) in [5, 5.41) is 17.1. The first-order chi connectivity index (χ1) is 7.45. The number of rotatable bonds is 3. The molecule has 3 N–H and O–H groups in total. The van der Waals surface area contributed by atoms with Gasteiger partial charge >= 0.3 is 5.97 Å². The van der Waals surface area contributed by atoms with Gasteiger partial charge in [-0.15, -0.1) is 0 Å². The van der Waals surface area contributed by atoms with E-state index in [2.05, 4.69) is 4.98 Å². The lowest BCUT2D eigenvalue weighted by atomic mass is 10.1. The van der Waals surface area contributed by atoms with E-state index in [-0.39, 0.29) is 11.3 Å². The van der Waals surface area contributed by atoms with E-state index in [9.17, 15) is 13.6 Å². The van der Waals surface area contributed by atoms with Crippen LogP contribution in [0.2, 0.25) is 0 Å². The van der Waals surface area contributed by atoms with E-state index >= 15 is 0 Å². The van der Waals surface area contributed by atoms with Crippen molar-refractivity contribution >= 4 is 11.8 Å². The minimum Gasteiger partial charge on any atom is -0.481 e. The molecule has 16 heavy (non-hydrogen) atoms. The summed E-state index contributed by atoms with van der Waals surface area (Å²) in [6.45, 7) is 0. The summed E-state index contributed by atoms with van der Waals surface area (Å²) in [5.74, 6) is -1.79. The van der Waals surface area contributed by atoms with E-state index in [0.717, 1.165) is 6.07 Å². The highest BCUT2D eigenvalue weighted by Crippen LogP contribution is 2.28. The monoisotopic (exact) mass is 227 g/mol. The second-order valence-electron chi connectivity index (χ2n) is 2.95. The first-order valence-electron chi connectivity index (χ1n) is 4.15. The fourth-order valence-corrected chi connectivity index (χ4v) is 1.25. The second-order valence-corrected chi connectivity index (χ2v) is 2.95. The van der Waals surface area contributed by atoms with Crippen LogP contribution in [-0.2, 0) is 11.2 Å². The molecule has 7 heteroatoms. The lowest BCUT2D eigenvalue weighted by Crippen LogP contribution is -2.09. The van der Waals surface area contributed by atoms with Crippen LogP contribution in [0.4, 0.5) is 14.6 Å². The zero-order chi connectivity index (χ0) is 12.3. The molecule has 0 saturated carbocycles. The summed E-state index contributed by atoms with van der Waals surface area (Å²) in [7, 11) is 0. The number of halogens is 2. The molecule has 1 heterocycles. The lowest BCUT2D eigenvalue weighted by molar-refractivity contribution is -0.136. The highest BCUT2D eigenvalue weighted by atomic mass is 19.3. The fourth-order valence-electron chi connectivity index (χ4n) is 1.25. The van der Waals surface area contributed by atoms with Crippen LogP contribution in [0.15, 0.2) is 6.07 Å². The minimum atomic E-state index is -2.92. The van der Waals surface area contributed by atoms with Gasteiger partial charge in [0.1, 0.15) is 17.6 Å². The summed E-state index contributed by atoms with van der Waals surface area (Å²) in [5.41, 5.74) is 4.24. The van der Waals surface area contributed by atoms with Gasteiger partial charge in [0.05, 0.1) is 12.0 Å². The molecule has 1 rings (SSSR count). The number of alkyl halides is 2. The van der Waals surface area contributed by atoms with E-state index in [1.54, 1.807) is 6.07 Å². The van der Waals surface area contributed by atoms with Crippen LogP contribution in [0.25, 0.3) is 0 Å². The third kappa shape index (κ3) is 2.42. The first-order valence-corrected chi connectivity index (χ1v) is 4.15.